The zero-order valence-electron chi connectivity index (χ0n) is 12.2. The molecular formula is C15H31NO2. The normalized spacial score (nSPS) is 18.7. The Labute approximate surface area is 112 Å². The molecule has 0 aromatic heterocycles. The fraction of sp³-hybridized carbons (Fsp3) is 1.00. The van der Waals surface area contributed by atoms with Crippen LogP contribution in [0.5, 0.6) is 0 Å². The summed E-state index contributed by atoms with van der Waals surface area (Å²) in [7, 11) is 0. The number of nitrogens with one attached hydrogen (secondary N) is 1. The van der Waals surface area contributed by atoms with Gasteiger partial charge in [-0.15, -0.1) is 0 Å². The van der Waals surface area contributed by atoms with Crippen molar-refractivity contribution in [2.45, 2.75) is 71.0 Å². The van der Waals surface area contributed by atoms with E-state index in [1.54, 1.807) is 0 Å². The lowest BCUT2D eigenvalue weighted by atomic mass is 10.00. The Hall–Kier alpha value is -0.120. The Morgan fingerprint density at radius 2 is 1.94 bits per heavy atom. The topological polar surface area (TPSA) is 41.5 Å². The van der Waals surface area contributed by atoms with Crippen molar-refractivity contribution < 1.29 is 9.84 Å². The summed E-state index contributed by atoms with van der Waals surface area (Å²) in [6, 6.07) is 0. The molecule has 0 spiro atoms. The second-order valence-electron chi connectivity index (χ2n) is 5.87. The van der Waals surface area contributed by atoms with Crippen molar-refractivity contribution in [2.24, 2.45) is 5.92 Å². The van der Waals surface area contributed by atoms with E-state index in [0.717, 1.165) is 44.9 Å². The van der Waals surface area contributed by atoms with E-state index in [4.69, 9.17) is 4.74 Å². The lowest BCUT2D eigenvalue weighted by molar-refractivity contribution is 0.0758. The zero-order valence-corrected chi connectivity index (χ0v) is 12.2. The summed E-state index contributed by atoms with van der Waals surface area (Å²) in [5.74, 6) is 0.779. The summed E-state index contributed by atoms with van der Waals surface area (Å²) in [6.07, 6.45) is 8.77. The predicted molar refractivity (Wildman–Crippen MR) is 75.8 cm³/mol. The first-order chi connectivity index (χ1) is 8.68. The number of ether oxygens (including phenoxy) is 1. The van der Waals surface area contributed by atoms with Crippen LogP contribution >= 0.6 is 0 Å². The number of aliphatic hydroxyl groups is 1. The maximum atomic E-state index is 9.90. The molecule has 1 aliphatic rings. The van der Waals surface area contributed by atoms with Crippen molar-refractivity contribution in [1.29, 1.82) is 0 Å². The molecule has 0 bridgehead atoms. The average molecular weight is 257 g/mol. The summed E-state index contributed by atoms with van der Waals surface area (Å²) < 4.78 is 5.48. The van der Waals surface area contributed by atoms with Gasteiger partial charge in [-0.1, -0.05) is 25.7 Å². The van der Waals surface area contributed by atoms with E-state index in [1.807, 2.05) is 0 Å². The van der Waals surface area contributed by atoms with E-state index >= 15 is 0 Å². The molecule has 1 rings (SSSR count). The predicted octanol–water partition coefficient (Wildman–Crippen LogP) is 2.72. The van der Waals surface area contributed by atoms with Gasteiger partial charge in [-0.3, -0.25) is 0 Å². The van der Waals surface area contributed by atoms with Crippen molar-refractivity contribution in [1.82, 2.24) is 5.32 Å². The Bertz CT molecular complexity index is 191. The van der Waals surface area contributed by atoms with Crippen LogP contribution in [0.2, 0.25) is 0 Å². The maximum absolute atomic E-state index is 9.90. The van der Waals surface area contributed by atoms with Crippen molar-refractivity contribution in [3.05, 3.63) is 0 Å². The third-order valence-electron chi connectivity index (χ3n) is 3.66. The maximum Gasteiger partial charge on any atom is 0.0667 e. The minimum Gasteiger partial charge on any atom is -0.392 e. The van der Waals surface area contributed by atoms with Crippen LogP contribution in [0.15, 0.2) is 0 Å². The highest BCUT2D eigenvalue weighted by molar-refractivity contribution is 4.72. The molecule has 0 aromatic carbocycles. The zero-order chi connectivity index (χ0) is 13.2. The van der Waals surface area contributed by atoms with E-state index in [2.05, 4.69) is 19.2 Å². The van der Waals surface area contributed by atoms with E-state index in [-0.39, 0.29) is 6.10 Å². The van der Waals surface area contributed by atoms with Crippen molar-refractivity contribution in [3.63, 3.8) is 0 Å². The van der Waals surface area contributed by atoms with Gasteiger partial charge in [0.2, 0.25) is 0 Å². The highest BCUT2D eigenvalue weighted by Gasteiger charge is 2.18. The second-order valence-corrected chi connectivity index (χ2v) is 5.87. The third-order valence-corrected chi connectivity index (χ3v) is 3.66. The van der Waals surface area contributed by atoms with Crippen LogP contribution < -0.4 is 5.32 Å². The lowest BCUT2D eigenvalue weighted by Gasteiger charge is -2.16. The van der Waals surface area contributed by atoms with Crippen LogP contribution in [0.4, 0.5) is 0 Å². The van der Waals surface area contributed by atoms with Crippen LogP contribution in [0.3, 0.4) is 0 Å². The van der Waals surface area contributed by atoms with Crippen molar-refractivity contribution in [2.75, 3.05) is 19.7 Å². The van der Waals surface area contributed by atoms with Gasteiger partial charge in [-0.25, -0.2) is 0 Å². The molecule has 1 saturated carbocycles. The number of aliphatic hydroxyl groups excluding tert-OH is 1. The monoisotopic (exact) mass is 257 g/mol. The summed E-state index contributed by atoms with van der Waals surface area (Å²) in [5, 5.41) is 13.2. The van der Waals surface area contributed by atoms with Gasteiger partial charge in [0.05, 0.1) is 12.2 Å². The summed E-state index contributed by atoms with van der Waals surface area (Å²) in [5.41, 5.74) is 0. The molecule has 108 valence electrons. The van der Waals surface area contributed by atoms with Crippen LogP contribution in [0.1, 0.15) is 58.8 Å². The Morgan fingerprint density at radius 3 is 2.61 bits per heavy atom. The SMILES string of the molecule is CC(C)OCCCCNCC(O)CC1CCCC1. The minimum atomic E-state index is -0.153. The van der Waals surface area contributed by atoms with Crippen LogP contribution in [-0.4, -0.2) is 37.0 Å². The first-order valence-electron chi connectivity index (χ1n) is 7.69. The largest absolute Gasteiger partial charge is 0.392 e. The molecule has 1 fully saturated rings. The summed E-state index contributed by atoms with van der Waals surface area (Å²) in [4.78, 5) is 0. The van der Waals surface area contributed by atoms with Crippen molar-refractivity contribution >= 4 is 0 Å². The van der Waals surface area contributed by atoms with Gasteiger partial charge >= 0.3 is 0 Å². The fourth-order valence-corrected chi connectivity index (χ4v) is 2.65. The fourth-order valence-electron chi connectivity index (χ4n) is 2.65. The molecular weight excluding hydrogens is 226 g/mol. The van der Waals surface area contributed by atoms with Gasteiger partial charge in [0, 0.05) is 13.2 Å². The molecule has 0 heterocycles. The molecule has 0 aromatic rings. The number of rotatable bonds is 10. The Morgan fingerprint density at radius 1 is 1.22 bits per heavy atom. The number of hydrogen-bond donors (Lipinski definition) is 2. The van der Waals surface area contributed by atoms with E-state index < -0.39 is 0 Å². The van der Waals surface area contributed by atoms with Gasteiger partial charge in [-0.05, 0) is 45.6 Å². The average Bonchev–Trinajstić information content (AvgIpc) is 2.80. The van der Waals surface area contributed by atoms with E-state index in [9.17, 15) is 5.11 Å². The Kier molecular flexibility index (Phi) is 8.64. The standard InChI is InChI=1S/C15H31NO2/c1-13(2)18-10-6-5-9-16-12-15(17)11-14-7-3-4-8-14/h13-17H,3-12H2,1-2H3. The lowest BCUT2D eigenvalue weighted by Crippen LogP contribution is -2.29. The number of hydrogen-bond acceptors (Lipinski definition) is 3. The molecule has 0 aliphatic heterocycles. The molecule has 2 N–H and O–H groups in total. The molecule has 0 saturated heterocycles. The molecule has 3 nitrogen and oxygen atoms in total. The smallest absolute Gasteiger partial charge is 0.0667 e. The molecule has 1 atom stereocenters. The molecule has 18 heavy (non-hydrogen) atoms. The van der Waals surface area contributed by atoms with Crippen LogP contribution in [0, 0.1) is 5.92 Å². The van der Waals surface area contributed by atoms with Gasteiger partial charge < -0.3 is 15.2 Å². The molecule has 0 amide bonds. The van der Waals surface area contributed by atoms with Crippen molar-refractivity contribution in [3.8, 4) is 0 Å². The van der Waals surface area contributed by atoms with Gasteiger partial charge in [0.1, 0.15) is 0 Å². The quantitative estimate of drug-likeness (QED) is 0.591. The Balaban J connectivity index is 1.84. The second kappa shape index (κ2) is 9.76. The molecule has 1 unspecified atom stereocenters. The van der Waals surface area contributed by atoms with Crippen LogP contribution in [0.25, 0.3) is 0 Å². The highest BCUT2D eigenvalue weighted by Crippen LogP contribution is 2.28. The number of unbranched alkanes of at least 4 members (excludes halogenated alkanes) is 1. The summed E-state index contributed by atoms with van der Waals surface area (Å²) in [6.45, 7) is 6.73. The first-order valence-corrected chi connectivity index (χ1v) is 7.69. The minimum absolute atomic E-state index is 0.153. The van der Waals surface area contributed by atoms with E-state index in [0.29, 0.717) is 6.10 Å². The first kappa shape index (κ1) is 15.9. The highest BCUT2D eigenvalue weighted by atomic mass is 16.5. The molecule has 1 aliphatic carbocycles. The van der Waals surface area contributed by atoms with Gasteiger partial charge in [0.15, 0.2) is 0 Å². The summed E-state index contributed by atoms with van der Waals surface area (Å²) >= 11 is 0. The van der Waals surface area contributed by atoms with Crippen LogP contribution in [-0.2, 0) is 4.74 Å². The molecule has 0 radical (unpaired) electrons. The van der Waals surface area contributed by atoms with Gasteiger partial charge in [-0.2, -0.15) is 0 Å². The molecule has 3 heteroatoms. The van der Waals surface area contributed by atoms with Gasteiger partial charge in [0.25, 0.3) is 0 Å². The third kappa shape index (κ3) is 8.06. The van der Waals surface area contributed by atoms with E-state index in [1.165, 1.54) is 25.7 Å².